The van der Waals surface area contributed by atoms with Crippen LogP contribution in [0.5, 0.6) is 0 Å². The summed E-state index contributed by atoms with van der Waals surface area (Å²) in [6.45, 7) is 14.4. The van der Waals surface area contributed by atoms with Crippen molar-refractivity contribution in [1.29, 1.82) is 0 Å². The monoisotopic (exact) mass is 319 g/mol. The first-order chi connectivity index (χ1) is 9.59. The fraction of sp³-hybridized carbons (Fsp3) is 0.938. The number of hydrogen-bond donors (Lipinski definition) is 0. The summed E-state index contributed by atoms with van der Waals surface area (Å²) in [5, 5.41) is -1.01. The van der Waals surface area contributed by atoms with Gasteiger partial charge < -0.3 is 9.47 Å². The van der Waals surface area contributed by atoms with Gasteiger partial charge in [0.25, 0.3) is 11.0 Å². The lowest BCUT2D eigenvalue weighted by atomic mass is 10.1. The van der Waals surface area contributed by atoms with E-state index >= 15 is 0 Å². The molecule has 21 heavy (non-hydrogen) atoms. The maximum atomic E-state index is 12.5. The van der Waals surface area contributed by atoms with Gasteiger partial charge in [0.05, 0.1) is 13.2 Å². The summed E-state index contributed by atoms with van der Waals surface area (Å²) in [5.41, 5.74) is 0. The highest BCUT2D eigenvalue weighted by molar-refractivity contribution is 7.48. The van der Waals surface area contributed by atoms with Crippen LogP contribution in [0.4, 0.5) is 0 Å². The topological polar surface area (TPSA) is 52.6 Å². The van der Waals surface area contributed by atoms with Crippen LogP contribution in [0, 0.1) is 11.8 Å². The normalized spacial score (nSPS) is 14.4. The summed E-state index contributed by atoms with van der Waals surface area (Å²) >= 11 is 0. The average molecular weight is 319 g/mol. The van der Waals surface area contributed by atoms with Crippen molar-refractivity contribution < 1.29 is 18.8 Å². The van der Waals surface area contributed by atoms with Crippen molar-refractivity contribution in [1.82, 2.24) is 0 Å². The Kier molecular flexibility index (Phi) is 9.31. The smallest absolute Gasteiger partial charge is 0.387 e. The van der Waals surface area contributed by atoms with Gasteiger partial charge in [0, 0.05) is 6.92 Å². The predicted octanol–water partition coefficient (Wildman–Crippen LogP) is 4.59. The average Bonchev–Trinajstić information content (AvgIpc) is 2.36. The van der Waals surface area contributed by atoms with Crippen LogP contribution >= 0.6 is 7.80 Å². The van der Waals surface area contributed by atoms with E-state index in [4.69, 9.17) is 9.47 Å². The van der Waals surface area contributed by atoms with Crippen LogP contribution in [0.15, 0.2) is 0 Å². The van der Waals surface area contributed by atoms with Gasteiger partial charge in [-0.3, -0.25) is 0 Å². The van der Waals surface area contributed by atoms with Gasteiger partial charge in [-0.15, -0.1) is 0 Å². The second-order valence-corrected chi connectivity index (χ2v) is 9.35. The van der Waals surface area contributed by atoms with E-state index in [1.165, 1.54) is 0 Å². The van der Waals surface area contributed by atoms with Crippen molar-refractivity contribution in [2.45, 2.75) is 72.3 Å². The second kappa shape index (κ2) is 9.53. The lowest BCUT2D eigenvalue weighted by molar-refractivity contribution is -0.146. The van der Waals surface area contributed by atoms with E-state index in [2.05, 4.69) is 27.7 Å². The molecule has 0 saturated heterocycles. The molecule has 0 aromatic rings. The van der Waals surface area contributed by atoms with Crippen LogP contribution in [0.2, 0.25) is 0 Å². The highest BCUT2D eigenvalue weighted by atomic mass is 31.1. The van der Waals surface area contributed by atoms with Gasteiger partial charge in [0.2, 0.25) is 0 Å². The van der Waals surface area contributed by atoms with Crippen LogP contribution in [0.1, 0.15) is 61.3 Å². The molecule has 0 aliphatic heterocycles. The van der Waals surface area contributed by atoms with E-state index in [0.29, 0.717) is 25.0 Å². The first-order valence-electron chi connectivity index (χ1n) is 7.84. The number of ether oxygens (including phenoxy) is 2. The number of carbonyl (C=O) groups is 1. The van der Waals surface area contributed by atoms with Gasteiger partial charge in [-0.25, -0.2) is 4.79 Å². The van der Waals surface area contributed by atoms with Crippen molar-refractivity contribution in [3.63, 3.8) is 0 Å². The molecule has 4 nitrogen and oxygen atoms in total. The Hall–Kier alpha value is -0.470. The summed E-state index contributed by atoms with van der Waals surface area (Å²) < 4.78 is 23.4. The molecule has 0 aromatic heterocycles. The lowest BCUT2D eigenvalue weighted by Gasteiger charge is -2.16. The molecule has 0 saturated carbocycles. The highest BCUT2D eigenvalue weighted by Crippen LogP contribution is 2.44. The minimum atomic E-state index is -1.83. The molecule has 0 amide bonds. The molecule has 124 valence electrons. The summed E-state index contributed by atoms with van der Waals surface area (Å²) in [6.07, 6.45) is 1.74. The van der Waals surface area contributed by atoms with Crippen LogP contribution < -0.4 is 0 Å². The zero-order chi connectivity index (χ0) is 16.6. The number of rotatable bonds is 10. The minimum absolute atomic E-state index is 0.381. The quantitative estimate of drug-likeness (QED) is 0.436. The number of esters is 1. The molecule has 0 heterocycles. The van der Waals surface area contributed by atoms with Gasteiger partial charge in [-0.2, -0.15) is 0 Å². The van der Waals surface area contributed by atoms with Gasteiger partial charge in [-0.05, 0) is 38.5 Å². The maximum Gasteiger partial charge on any atom is 0.387 e. The molecule has 0 rings (SSSR count). The number of carbonyl (C=O) groups excluding carboxylic acids is 1. The molecule has 0 aliphatic rings. The standard InChI is InChI=1S/C16H32O4P/c1-12(2)8-10-19-14(5)21(18)16(6,7)15(17)20-11-9-13(3)4/h12-14H,8-11H2,1-7H3/q+1. The Labute approximate surface area is 130 Å². The van der Waals surface area contributed by atoms with Crippen LogP contribution in [-0.2, 0) is 18.8 Å². The lowest BCUT2D eigenvalue weighted by Crippen LogP contribution is -2.33. The Morgan fingerprint density at radius 3 is 1.95 bits per heavy atom. The van der Waals surface area contributed by atoms with E-state index in [1.807, 2.05) is 0 Å². The second-order valence-electron chi connectivity index (χ2n) is 6.86. The molecule has 0 bridgehead atoms. The third-order valence-corrected chi connectivity index (χ3v) is 5.46. The largest absolute Gasteiger partial charge is 0.462 e. The van der Waals surface area contributed by atoms with Crippen LogP contribution in [0.25, 0.3) is 0 Å². The van der Waals surface area contributed by atoms with Gasteiger partial charge in [0.15, 0.2) is 0 Å². The molecule has 2 atom stereocenters. The number of hydrogen-bond acceptors (Lipinski definition) is 4. The summed E-state index contributed by atoms with van der Waals surface area (Å²) in [4.78, 5) is 12.1. The third kappa shape index (κ3) is 7.92. The first-order valence-corrected chi connectivity index (χ1v) is 9.17. The molecular weight excluding hydrogens is 287 g/mol. The predicted molar refractivity (Wildman–Crippen MR) is 87.0 cm³/mol. The van der Waals surface area contributed by atoms with Crippen LogP contribution in [0.3, 0.4) is 0 Å². The van der Waals surface area contributed by atoms with E-state index in [-0.39, 0.29) is 0 Å². The third-order valence-electron chi connectivity index (χ3n) is 3.36. The van der Waals surface area contributed by atoms with E-state index < -0.39 is 24.8 Å². The zero-order valence-electron chi connectivity index (χ0n) is 14.6. The van der Waals surface area contributed by atoms with E-state index in [9.17, 15) is 9.36 Å². The Balaban J connectivity index is 4.38. The fourth-order valence-electron chi connectivity index (χ4n) is 1.65. The molecule has 0 N–H and O–H groups in total. The maximum absolute atomic E-state index is 12.5. The van der Waals surface area contributed by atoms with Crippen molar-refractivity contribution in [3.05, 3.63) is 0 Å². The highest BCUT2D eigenvalue weighted by Gasteiger charge is 2.52. The zero-order valence-corrected chi connectivity index (χ0v) is 15.5. The summed E-state index contributed by atoms with van der Waals surface area (Å²) in [6, 6.07) is 0. The molecule has 0 radical (unpaired) electrons. The van der Waals surface area contributed by atoms with E-state index in [0.717, 1.165) is 12.8 Å². The van der Waals surface area contributed by atoms with Crippen molar-refractivity contribution in [2.24, 2.45) is 11.8 Å². The van der Waals surface area contributed by atoms with E-state index in [1.54, 1.807) is 20.8 Å². The molecule has 5 heteroatoms. The summed E-state index contributed by atoms with van der Waals surface area (Å²) in [7, 11) is -1.83. The van der Waals surface area contributed by atoms with Crippen molar-refractivity contribution in [3.8, 4) is 0 Å². The van der Waals surface area contributed by atoms with Gasteiger partial charge in [-0.1, -0.05) is 32.3 Å². The summed E-state index contributed by atoms with van der Waals surface area (Å²) in [5.74, 6) is 0.187. The minimum Gasteiger partial charge on any atom is -0.462 e. The Bertz CT molecular complexity index is 337. The Morgan fingerprint density at radius 2 is 1.48 bits per heavy atom. The van der Waals surface area contributed by atoms with Gasteiger partial charge in [0.1, 0.15) is 0 Å². The van der Waals surface area contributed by atoms with Gasteiger partial charge >= 0.3 is 13.8 Å². The molecule has 0 spiro atoms. The molecule has 0 fully saturated rings. The molecule has 0 aliphatic carbocycles. The fourth-order valence-corrected chi connectivity index (χ4v) is 3.04. The molecule has 0 aromatic carbocycles. The molecular formula is C16H32O4P+. The van der Waals surface area contributed by atoms with Crippen LogP contribution in [-0.4, -0.2) is 30.2 Å². The Morgan fingerprint density at radius 1 is 1.00 bits per heavy atom. The van der Waals surface area contributed by atoms with Crippen molar-refractivity contribution in [2.75, 3.05) is 13.2 Å². The SMILES string of the molecule is CC(C)CCOC(=O)C(C)(C)[P+](=O)C(C)OCCC(C)C. The van der Waals surface area contributed by atoms with Crippen molar-refractivity contribution >= 4 is 13.8 Å². The molecule has 2 unspecified atom stereocenters. The first kappa shape index (κ1) is 20.5.